The van der Waals surface area contributed by atoms with Gasteiger partial charge in [-0.25, -0.2) is 19.2 Å². The smallest absolute Gasteiger partial charge is 0.693 e. The van der Waals surface area contributed by atoms with Gasteiger partial charge in [0.05, 0.1) is 50.5 Å². The van der Waals surface area contributed by atoms with E-state index in [4.69, 9.17) is 76.4 Å². The molecule has 4 aromatic carbocycles. The molecule has 6 aromatic rings. The van der Waals surface area contributed by atoms with E-state index in [0.717, 1.165) is 0 Å². The van der Waals surface area contributed by atoms with Crippen molar-refractivity contribution < 1.29 is 132 Å². The minimum Gasteiger partial charge on any atom is -0.693 e. The number of carboxylic acids is 2. The van der Waals surface area contributed by atoms with E-state index < -0.39 is 125 Å². The summed E-state index contributed by atoms with van der Waals surface area (Å²) >= 11 is -0.472. The maximum absolute atomic E-state index is 13.3. The first-order valence-corrected chi connectivity index (χ1v) is 34.0. The number of hydrogen-bond donors (Lipinski definition) is 2. The first-order chi connectivity index (χ1) is 45.2. The van der Waals surface area contributed by atoms with E-state index in [0.29, 0.717) is 37.1 Å². The van der Waals surface area contributed by atoms with Crippen LogP contribution in [0, 0.1) is 10.8 Å². The van der Waals surface area contributed by atoms with Crippen molar-refractivity contribution in [2.24, 2.45) is 10.8 Å². The van der Waals surface area contributed by atoms with E-state index in [1.807, 2.05) is 0 Å². The number of carboxylic acid groups (broad SMARTS) is 2. The molecule has 6 N–H and O–H groups in total. The molecule has 97 heavy (non-hydrogen) atoms. The molecule has 0 aliphatic carbocycles. The van der Waals surface area contributed by atoms with Gasteiger partial charge in [0, 0.05) is 40.1 Å². The molecule has 0 bridgehead atoms. The van der Waals surface area contributed by atoms with Gasteiger partial charge in [0.15, 0.2) is 0 Å². The Labute approximate surface area is 571 Å². The molecule has 0 radical (unpaired) electrons. The Hall–Kier alpha value is -10.0. The van der Waals surface area contributed by atoms with Crippen LogP contribution in [0.3, 0.4) is 0 Å². The number of ether oxygens (including phenoxy) is 10. The second-order valence-electron chi connectivity index (χ2n) is 20.5. The average Bonchev–Trinajstić information content (AvgIpc) is 1.64. The molecule has 35 heteroatoms. The molecule has 0 atom stereocenters. The largest absolute Gasteiger partial charge is 0.693 e. The van der Waals surface area contributed by atoms with Gasteiger partial charge in [-0.1, -0.05) is 59.0 Å². The van der Waals surface area contributed by atoms with Gasteiger partial charge in [0.25, 0.3) is 0 Å². The molecule has 0 aliphatic rings. The molecule has 526 valence electrons. The molecule has 0 saturated heterocycles. The number of rotatable bonds is 32. The number of benzene rings is 4. The molecular weight excluding hydrogens is 1510 g/mol. The molecule has 6 rings (SSSR count). The fraction of sp³-hybridized carbons (Fsp3) is 0.355. The first kappa shape index (κ1) is 83.1. The van der Waals surface area contributed by atoms with Crippen LogP contribution in [0.2, 0.25) is 0 Å². The number of nitrogens with zero attached hydrogens (tertiary/aromatic N) is 6. The van der Waals surface area contributed by atoms with Gasteiger partial charge in [-0.3, -0.25) is 47.7 Å². The molecule has 0 fully saturated rings. The first-order valence-electron chi connectivity index (χ1n) is 28.3. The predicted molar refractivity (Wildman–Crippen MR) is 334 cm³/mol. The van der Waals surface area contributed by atoms with Crippen molar-refractivity contribution in [1.82, 2.24) is 30.0 Å². The quantitative estimate of drug-likeness (QED) is 0.0173. The summed E-state index contributed by atoms with van der Waals surface area (Å²) in [4.78, 5) is 146. The van der Waals surface area contributed by atoms with Crippen LogP contribution in [0.4, 0.5) is 0 Å². The summed E-state index contributed by atoms with van der Waals surface area (Å²) in [5.41, 5.74) is -2.56. The van der Waals surface area contributed by atoms with E-state index in [2.05, 4.69) is 20.6 Å². The maximum atomic E-state index is 13.3. The Morgan fingerprint density at radius 3 is 0.918 bits per heavy atom. The van der Waals surface area contributed by atoms with Gasteiger partial charge >= 0.3 is 107 Å². The van der Waals surface area contributed by atoms with Crippen molar-refractivity contribution in [2.75, 3.05) is 39.6 Å². The van der Waals surface area contributed by atoms with Crippen LogP contribution in [0.25, 0.3) is 12.3 Å². The fourth-order valence-corrected chi connectivity index (χ4v) is 7.78. The van der Waals surface area contributed by atoms with Crippen molar-refractivity contribution in [1.29, 1.82) is 0 Å². The van der Waals surface area contributed by atoms with E-state index in [1.54, 1.807) is 36.7 Å². The molecule has 2 heterocycles. The van der Waals surface area contributed by atoms with Gasteiger partial charge in [-0.2, -0.15) is 0 Å². The van der Waals surface area contributed by atoms with Crippen molar-refractivity contribution in [3.05, 3.63) is 155 Å². The molecule has 0 saturated carbocycles. The molecule has 2 aromatic heterocycles. The number of esters is 10. The van der Waals surface area contributed by atoms with Crippen LogP contribution in [-0.4, -0.2) is 151 Å². The van der Waals surface area contributed by atoms with Crippen LogP contribution in [-0.2, 0) is 109 Å². The Bertz CT molecular complexity index is 3290. The average molecular weight is 1580 g/mol. The minimum absolute atomic E-state index is 0. The van der Waals surface area contributed by atoms with E-state index in [1.165, 1.54) is 124 Å². The summed E-state index contributed by atoms with van der Waals surface area (Å²) in [6, 6.07) is 23.5. The molecule has 0 unspecified atom stereocenters. The zero-order valence-electron chi connectivity index (χ0n) is 53.1. The maximum Gasteiger partial charge on any atom is -0.693 e. The number of aryl methyl sites for hydroxylation is 4. The third-order valence-electron chi connectivity index (χ3n) is 12.4. The number of aromatic nitrogens is 6. The summed E-state index contributed by atoms with van der Waals surface area (Å²) in [6.45, 7) is 5.24. The summed E-state index contributed by atoms with van der Waals surface area (Å²) < 4.78 is 55.6. The van der Waals surface area contributed by atoms with Crippen molar-refractivity contribution in [2.45, 2.75) is 93.2 Å². The number of hydrogen-bond acceptors (Lipinski definition) is 26. The number of aliphatic carboxylic acids is 2. The third kappa shape index (κ3) is 29.3. The molecule has 32 nitrogen and oxygen atoms in total. The van der Waals surface area contributed by atoms with Crippen molar-refractivity contribution >= 4 is 90.5 Å². The van der Waals surface area contributed by atoms with Gasteiger partial charge in [-0.15, -0.1) is 10.2 Å². The Balaban J connectivity index is 0.000000622. The van der Waals surface area contributed by atoms with Crippen LogP contribution >= 0.6 is 18.8 Å². The van der Waals surface area contributed by atoms with E-state index in [9.17, 15) is 57.5 Å². The Morgan fingerprint density at radius 2 is 0.680 bits per heavy atom. The Morgan fingerprint density at radius 1 is 0.433 bits per heavy atom. The normalized spacial score (nSPS) is 10.5. The van der Waals surface area contributed by atoms with Gasteiger partial charge in [0.2, 0.25) is 0 Å². The summed E-state index contributed by atoms with van der Waals surface area (Å²) in [6.07, 6.45) is 4.33. The molecular formula is C62H70Cl2N8O24Pt. The third-order valence-corrected chi connectivity index (χ3v) is 12.4. The van der Waals surface area contributed by atoms with Crippen LogP contribution in [0.5, 0.6) is 23.0 Å². The molecule has 0 spiro atoms. The number of halogens is 2. The fourth-order valence-electron chi connectivity index (χ4n) is 7.78. The number of carbonyl (C=O) groups excluding carboxylic acids is 10. The summed E-state index contributed by atoms with van der Waals surface area (Å²) in [5, 5.41) is 33.3. The number of nitrogens with two attached hydrogens (primary N) is 2. The van der Waals surface area contributed by atoms with Crippen molar-refractivity contribution in [3.63, 3.8) is 0 Å². The minimum atomic E-state index is -1.70. The molecule has 0 aliphatic heterocycles. The predicted octanol–water partition coefficient (Wildman–Crippen LogP) is 8.41. The van der Waals surface area contributed by atoms with Gasteiger partial charge in [0.1, 0.15) is 82.5 Å². The second kappa shape index (κ2) is 42.4. The van der Waals surface area contributed by atoms with Crippen LogP contribution in [0.1, 0.15) is 120 Å². The molecule has 0 amide bonds. The van der Waals surface area contributed by atoms with Crippen LogP contribution < -0.4 is 18.9 Å². The Kier molecular flexibility index (Phi) is 36.3. The number of para-hydroxylation sites is 4. The summed E-state index contributed by atoms with van der Waals surface area (Å²) in [5.74, 6) is -10.1. The van der Waals surface area contributed by atoms with Gasteiger partial charge in [-0.05, 0) is 88.1 Å². The van der Waals surface area contributed by atoms with Crippen molar-refractivity contribution in [3.8, 4) is 23.0 Å². The second-order valence-corrected chi connectivity index (χ2v) is 23.8. The number of carbonyl (C=O) groups is 12. The zero-order valence-corrected chi connectivity index (χ0v) is 56.9. The van der Waals surface area contributed by atoms with Gasteiger partial charge < -0.3 is 69.9 Å². The standard InChI is InChI=1S/2C31H33N3O12.2ClH.2H2N.Pt/c2*1-20(35)45-25-12-6-4-10-23(25)28(39)43-18-31(3,19-44-29(40)24-11-5-7-13-26(24)46-21(2)36)30(41)42-16-8-9-22-17-34(33-32-22)15-14-27(37)38;;;;;/h2*4-7,10-13,17H,8-9,14-16,18-19H2,1-3H3,(H,37,38);2*1H;2*1H2;/q;;;;2*-1;+4/p-2. The van der Waals surface area contributed by atoms with Crippen LogP contribution in [0.15, 0.2) is 109 Å². The van der Waals surface area contributed by atoms with E-state index in [-0.39, 0.29) is 96.7 Å². The SMILES string of the molecule is CC(=O)Oc1ccccc1C(=O)OCC(C)(COC(=O)c1ccccc1OC(C)=O)C(=O)OCCCc1cn(CCC(=O)O)nn1.CC(=O)Oc1ccccc1C(=O)OCC(C)(COC(=O)c1ccccc1OC(C)=O)C(=O)OCCCc1cn(CCC(=O)O)nn1.[Cl][Pt+2][Cl].[NH2-].[NH2-]. The summed E-state index contributed by atoms with van der Waals surface area (Å²) in [7, 11) is 9.75. The zero-order chi connectivity index (χ0) is 70.1. The topological polar surface area (TPSA) is 466 Å². The monoisotopic (exact) mass is 1580 g/mol. The van der Waals surface area contributed by atoms with E-state index >= 15 is 0 Å².